The van der Waals surface area contributed by atoms with E-state index in [1.165, 1.54) is 46.3 Å². The number of anilines is 1. The van der Waals surface area contributed by atoms with E-state index in [0.29, 0.717) is 23.5 Å². The first-order valence-corrected chi connectivity index (χ1v) is 15.6. The molecule has 4 atom stereocenters. The zero-order valence-electron chi connectivity index (χ0n) is 26.1. The predicted octanol–water partition coefficient (Wildman–Crippen LogP) is 5.08. The van der Waals surface area contributed by atoms with Gasteiger partial charge in [0.05, 0.1) is 6.33 Å². The highest BCUT2D eigenvalue weighted by Crippen LogP contribution is 2.44. The number of imidazole rings is 2. The lowest BCUT2D eigenvalue weighted by molar-refractivity contribution is -0.199. The Morgan fingerprint density at radius 2 is 1.61 bits per heavy atom. The van der Waals surface area contributed by atoms with Crippen molar-refractivity contribution >= 4 is 23.1 Å². The molecule has 1 N–H and O–H groups in total. The summed E-state index contributed by atoms with van der Waals surface area (Å²) in [5, 5.41) is 3.42. The van der Waals surface area contributed by atoms with Crippen molar-refractivity contribution in [1.29, 1.82) is 0 Å². The second-order valence-corrected chi connectivity index (χ2v) is 12.1. The number of ether oxygens (including phenoxy) is 4. The average Bonchev–Trinajstić information content (AvgIpc) is 3.87. The molecule has 3 aromatic heterocycles. The molecule has 2 aliphatic rings. The van der Waals surface area contributed by atoms with E-state index in [0.717, 1.165) is 24.8 Å². The van der Waals surface area contributed by atoms with Gasteiger partial charge in [-0.05, 0) is 55.4 Å². The summed E-state index contributed by atoms with van der Waals surface area (Å²) in [4.78, 5) is 30.0. The van der Waals surface area contributed by atoms with E-state index in [-0.39, 0.29) is 6.61 Å². The van der Waals surface area contributed by atoms with Gasteiger partial charge in [0.1, 0.15) is 37.6 Å². The maximum Gasteiger partial charge on any atom is 0.419 e. The number of carbonyl (C=O) groups is 1. The largest absolute Gasteiger partial charge is 0.446 e. The van der Waals surface area contributed by atoms with Crippen LogP contribution in [0.5, 0.6) is 0 Å². The lowest BCUT2D eigenvalue weighted by Gasteiger charge is -2.24. The van der Waals surface area contributed by atoms with Gasteiger partial charge in [-0.15, -0.1) is 0 Å². The molecule has 0 aliphatic carbocycles. The molecule has 2 fully saturated rings. The molecular weight excluding hydrogens is 586 g/mol. The Morgan fingerprint density at radius 1 is 0.913 bits per heavy atom. The Hall–Kier alpha value is -4.65. The minimum atomic E-state index is -0.835. The van der Waals surface area contributed by atoms with Crippen molar-refractivity contribution < 1.29 is 23.7 Å². The number of rotatable bonds is 10. The van der Waals surface area contributed by atoms with E-state index in [4.69, 9.17) is 18.9 Å². The van der Waals surface area contributed by atoms with E-state index >= 15 is 0 Å². The first-order valence-electron chi connectivity index (χ1n) is 15.6. The number of nitrogens with one attached hydrogen (secondary N) is 1. The van der Waals surface area contributed by atoms with Crippen LogP contribution in [0.3, 0.4) is 0 Å². The van der Waals surface area contributed by atoms with Crippen molar-refractivity contribution in [1.82, 2.24) is 29.1 Å². The van der Waals surface area contributed by atoms with Crippen LogP contribution in [0.1, 0.15) is 49.3 Å². The predicted molar refractivity (Wildman–Crippen MR) is 169 cm³/mol. The normalized spacial score (nSPS) is 21.8. The Kier molecular flexibility index (Phi) is 8.24. The van der Waals surface area contributed by atoms with Crippen LogP contribution in [0.4, 0.5) is 10.6 Å². The monoisotopic (exact) mass is 623 g/mol. The minimum Gasteiger partial charge on any atom is -0.446 e. The summed E-state index contributed by atoms with van der Waals surface area (Å²) in [5.41, 5.74) is 6.36. The highest BCUT2D eigenvalue weighted by atomic mass is 16.8. The maximum atomic E-state index is 12.4. The fourth-order valence-electron chi connectivity index (χ4n) is 6.02. The molecule has 238 valence electrons. The second kappa shape index (κ2) is 12.6. The van der Waals surface area contributed by atoms with Gasteiger partial charge in [0.25, 0.3) is 0 Å². The quantitative estimate of drug-likeness (QED) is 0.225. The summed E-state index contributed by atoms with van der Waals surface area (Å²) in [5.74, 6) is -0.217. The first kappa shape index (κ1) is 30.0. The van der Waals surface area contributed by atoms with E-state index in [2.05, 4.69) is 80.7 Å². The number of fused-ring (bicyclic) bond motifs is 2. The molecule has 5 heterocycles. The molecule has 2 saturated heterocycles. The SMILES string of the molecule is CCc1ccc(CCc2ccc(CNc3ncnc4c3ncn4[C@@H]3O[C@H](COC(=O)n4ccnc4)[C@@H]4OC(C)(C)OC43)cc2)cc1. The third kappa shape index (κ3) is 6.23. The van der Waals surface area contributed by atoms with Gasteiger partial charge in [-0.2, -0.15) is 0 Å². The van der Waals surface area contributed by atoms with Gasteiger partial charge in [0.2, 0.25) is 0 Å². The van der Waals surface area contributed by atoms with Crippen molar-refractivity contribution in [2.75, 3.05) is 11.9 Å². The lowest BCUT2D eigenvalue weighted by atomic mass is 10.0. The van der Waals surface area contributed by atoms with E-state index < -0.39 is 36.4 Å². The number of carbonyl (C=O) groups excluding carboxylic acids is 1. The smallest absolute Gasteiger partial charge is 0.419 e. The number of hydrogen-bond acceptors (Lipinski definition) is 10. The van der Waals surface area contributed by atoms with Crippen LogP contribution in [0.15, 0.2) is 79.9 Å². The standard InChI is InChI=1S/C34H37N7O5/c1-4-22-5-7-23(8-6-22)9-10-24-11-13-25(14-12-24)17-36-30-27-31(38-19-37-30)41(21-39-27)32-29-28(45-34(2,3)46-29)26(44-32)18-43-33(42)40-16-15-35-20-40/h5-8,11-16,19-21,26,28-29,32H,4,9-10,17-18H2,1-3H3,(H,36,37,38)/t26-,28+,29?,32-/m1/s1. The fourth-order valence-corrected chi connectivity index (χ4v) is 6.02. The third-order valence-electron chi connectivity index (χ3n) is 8.46. The van der Waals surface area contributed by atoms with Crippen LogP contribution >= 0.6 is 0 Å². The minimum absolute atomic E-state index is 0.0205. The lowest BCUT2D eigenvalue weighted by Crippen LogP contribution is -2.34. The van der Waals surface area contributed by atoms with E-state index in [9.17, 15) is 4.79 Å². The summed E-state index contributed by atoms with van der Waals surface area (Å²) in [6.45, 7) is 6.44. The average molecular weight is 624 g/mol. The Balaban J connectivity index is 1.01. The molecule has 0 radical (unpaired) electrons. The maximum absolute atomic E-state index is 12.4. The van der Waals surface area contributed by atoms with Gasteiger partial charge in [-0.3, -0.25) is 4.57 Å². The van der Waals surface area contributed by atoms with Crippen molar-refractivity contribution in [2.45, 2.75) is 76.9 Å². The van der Waals surface area contributed by atoms with Crippen LogP contribution in [-0.2, 0) is 44.8 Å². The van der Waals surface area contributed by atoms with Gasteiger partial charge in [-0.25, -0.2) is 29.3 Å². The molecule has 46 heavy (non-hydrogen) atoms. The van der Waals surface area contributed by atoms with Gasteiger partial charge in [-0.1, -0.05) is 55.5 Å². The molecule has 7 rings (SSSR count). The van der Waals surface area contributed by atoms with Crippen molar-refractivity contribution in [3.63, 3.8) is 0 Å². The van der Waals surface area contributed by atoms with Gasteiger partial charge in [0.15, 0.2) is 29.0 Å². The number of benzene rings is 2. The summed E-state index contributed by atoms with van der Waals surface area (Å²) < 4.78 is 27.4. The number of aryl methyl sites for hydroxylation is 3. The fraction of sp³-hybridized carbons (Fsp3) is 0.382. The first-order chi connectivity index (χ1) is 22.4. The van der Waals surface area contributed by atoms with Crippen molar-refractivity contribution in [2.24, 2.45) is 0 Å². The molecule has 12 heteroatoms. The molecule has 2 aromatic carbocycles. The van der Waals surface area contributed by atoms with Gasteiger partial charge in [0, 0.05) is 18.9 Å². The zero-order chi connectivity index (χ0) is 31.7. The molecule has 0 spiro atoms. The summed E-state index contributed by atoms with van der Waals surface area (Å²) >= 11 is 0. The van der Waals surface area contributed by atoms with E-state index in [1.807, 2.05) is 18.4 Å². The topological polar surface area (TPSA) is 127 Å². The zero-order valence-corrected chi connectivity index (χ0v) is 26.1. The van der Waals surface area contributed by atoms with Gasteiger partial charge >= 0.3 is 6.09 Å². The summed E-state index contributed by atoms with van der Waals surface area (Å²) in [6.07, 6.45) is 8.02. The molecule has 2 aliphatic heterocycles. The van der Waals surface area contributed by atoms with Crippen molar-refractivity contribution in [3.8, 4) is 0 Å². The van der Waals surface area contributed by atoms with Gasteiger partial charge < -0.3 is 24.3 Å². The molecule has 12 nitrogen and oxygen atoms in total. The van der Waals surface area contributed by atoms with Crippen LogP contribution in [0.2, 0.25) is 0 Å². The molecule has 0 saturated carbocycles. The van der Waals surface area contributed by atoms with Crippen LogP contribution in [0.25, 0.3) is 11.2 Å². The summed E-state index contributed by atoms with van der Waals surface area (Å²) in [6, 6.07) is 17.5. The Bertz CT molecular complexity index is 1790. The summed E-state index contributed by atoms with van der Waals surface area (Å²) in [7, 11) is 0. The van der Waals surface area contributed by atoms with Crippen molar-refractivity contribution in [3.05, 3.63) is 102 Å². The highest BCUT2D eigenvalue weighted by Gasteiger charge is 2.56. The van der Waals surface area contributed by atoms with E-state index in [1.54, 1.807) is 6.33 Å². The second-order valence-electron chi connectivity index (χ2n) is 12.1. The number of aromatic nitrogens is 6. The number of nitrogens with zero attached hydrogens (tertiary/aromatic N) is 6. The van der Waals surface area contributed by atoms with Crippen LogP contribution < -0.4 is 5.32 Å². The third-order valence-corrected chi connectivity index (χ3v) is 8.46. The van der Waals surface area contributed by atoms with Crippen LogP contribution in [-0.4, -0.2) is 65.9 Å². The molecule has 5 aromatic rings. The molecule has 0 bridgehead atoms. The molecular formula is C34H37N7O5. The Labute approximate surface area is 266 Å². The van der Waals surface area contributed by atoms with Crippen LogP contribution in [0, 0.1) is 0 Å². The molecule has 1 unspecified atom stereocenters. The number of hydrogen-bond donors (Lipinski definition) is 1. The Morgan fingerprint density at radius 3 is 2.30 bits per heavy atom. The highest BCUT2D eigenvalue weighted by molar-refractivity contribution is 5.82. The molecule has 0 amide bonds.